The Bertz CT molecular complexity index is 942. The van der Waals surface area contributed by atoms with Crippen LogP contribution in [0.25, 0.3) is 0 Å². The van der Waals surface area contributed by atoms with Crippen LogP contribution in [0.15, 0.2) is 33.3 Å². The molecule has 2 rings (SSSR count). The van der Waals surface area contributed by atoms with Crippen molar-refractivity contribution in [2.24, 2.45) is 0 Å². The number of pyridine rings is 1. The smallest absolute Gasteiger partial charge is 0.412 e. The predicted molar refractivity (Wildman–Crippen MR) is 119 cm³/mol. The average molecular weight is 546 g/mol. The number of hydrogen-bond acceptors (Lipinski definition) is 5. The van der Waals surface area contributed by atoms with Crippen LogP contribution in [0.3, 0.4) is 0 Å². The van der Waals surface area contributed by atoms with Gasteiger partial charge in [0.2, 0.25) is 0 Å². The van der Waals surface area contributed by atoms with Gasteiger partial charge in [-0.3, -0.25) is 5.32 Å². The first kappa shape index (κ1) is 24.3. The van der Waals surface area contributed by atoms with Crippen molar-refractivity contribution in [1.29, 1.82) is 0 Å². The van der Waals surface area contributed by atoms with Crippen LogP contribution in [0.4, 0.5) is 14.9 Å². The fraction of sp³-hybridized carbons (Fsp3) is 0.381. The zero-order valence-corrected chi connectivity index (χ0v) is 20.5. The van der Waals surface area contributed by atoms with E-state index < -0.39 is 17.7 Å². The molecule has 0 aliphatic carbocycles. The minimum Gasteiger partial charge on any atom is -0.458 e. The Hall–Kier alpha value is -2.00. The third-order valence-electron chi connectivity index (χ3n) is 3.64. The van der Waals surface area contributed by atoms with Crippen molar-refractivity contribution in [3.63, 3.8) is 0 Å². The first-order valence-electron chi connectivity index (χ1n) is 9.20. The molecule has 0 radical (unpaired) electrons. The van der Waals surface area contributed by atoms with Crippen LogP contribution < -0.4 is 5.32 Å². The van der Waals surface area contributed by atoms with E-state index in [0.717, 1.165) is 5.56 Å². The summed E-state index contributed by atoms with van der Waals surface area (Å²) in [5, 5.41) is 2.60. The minimum absolute atomic E-state index is 0.0730. The van der Waals surface area contributed by atoms with E-state index in [1.165, 1.54) is 12.1 Å². The summed E-state index contributed by atoms with van der Waals surface area (Å²) in [4.78, 5) is 29.3. The topological polar surface area (TPSA) is 77.5 Å². The second kappa shape index (κ2) is 9.87. The van der Waals surface area contributed by atoms with Gasteiger partial charge in [0.25, 0.3) is 0 Å². The van der Waals surface area contributed by atoms with Crippen LogP contribution >= 0.6 is 31.9 Å². The number of halogens is 3. The number of hydrogen-bond donors (Lipinski definition) is 1. The second-order valence-corrected chi connectivity index (χ2v) is 9.35. The number of nitrogens with zero attached hydrogens (tertiary/aromatic N) is 1. The van der Waals surface area contributed by atoms with Crippen molar-refractivity contribution in [2.75, 3.05) is 5.32 Å². The summed E-state index contributed by atoms with van der Waals surface area (Å²) >= 11 is 6.86. The van der Waals surface area contributed by atoms with Crippen LogP contribution in [0, 0.1) is 5.82 Å². The Morgan fingerprint density at radius 1 is 1.17 bits per heavy atom. The largest absolute Gasteiger partial charge is 0.458 e. The van der Waals surface area contributed by atoms with E-state index in [1.807, 2.05) is 0 Å². The summed E-state index contributed by atoms with van der Waals surface area (Å²) in [5.74, 6) is -1.03. The maximum Gasteiger partial charge on any atom is 0.412 e. The molecule has 0 atom stereocenters. The van der Waals surface area contributed by atoms with Crippen LogP contribution in [0.2, 0.25) is 0 Å². The van der Waals surface area contributed by atoms with Gasteiger partial charge in [0.15, 0.2) is 5.69 Å². The summed E-state index contributed by atoms with van der Waals surface area (Å²) < 4.78 is 24.6. The molecular weight excluding hydrogens is 523 g/mol. The summed E-state index contributed by atoms with van der Waals surface area (Å²) in [6.45, 7) is 8.62. The summed E-state index contributed by atoms with van der Waals surface area (Å²) in [6.07, 6.45) is -0.736. The van der Waals surface area contributed by atoms with Crippen molar-refractivity contribution in [1.82, 2.24) is 4.98 Å². The third-order valence-corrected chi connectivity index (χ3v) is 5.17. The maximum atomic E-state index is 13.2. The van der Waals surface area contributed by atoms with Gasteiger partial charge >= 0.3 is 12.1 Å². The summed E-state index contributed by atoms with van der Waals surface area (Å²) in [5.41, 5.74) is 0.815. The number of amides is 1. The molecule has 1 N–H and O–H groups in total. The fourth-order valence-corrected chi connectivity index (χ4v) is 3.86. The van der Waals surface area contributed by atoms with E-state index in [9.17, 15) is 14.0 Å². The lowest BCUT2D eigenvalue weighted by Crippen LogP contribution is -2.28. The summed E-state index contributed by atoms with van der Waals surface area (Å²) in [6, 6.07) is 6.02. The second-order valence-electron chi connectivity index (χ2n) is 7.80. The Morgan fingerprint density at radius 3 is 2.30 bits per heavy atom. The predicted octanol–water partition coefficient (Wildman–Crippen LogP) is 6.25. The van der Waals surface area contributed by atoms with Gasteiger partial charge in [-0.05, 0) is 84.2 Å². The highest BCUT2D eigenvalue weighted by atomic mass is 79.9. The Labute approximate surface area is 191 Å². The van der Waals surface area contributed by atoms with Crippen molar-refractivity contribution < 1.29 is 23.5 Å². The first-order valence-corrected chi connectivity index (χ1v) is 10.8. The molecule has 0 saturated heterocycles. The van der Waals surface area contributed by atoms with Crippen molar-refractivity contribution in [3.8, 4) is 0 Å². The fourth-order valence-electron chi connectivity index (χ4n) is 2.46. The number of carbonyl (C=O) groups excluding carboxylic acids is 2. The molecule has 0 bridgehead atoms. The highest BCUT2D eigenvalue weighted by Gasteiger charge is 2.26. The molecule has 2 aromatic rings. The molecule has 0 saturated carbocycles. The third kappa shape index (κ3) is 6.77. The average Bonchev–Trinajstić information content (AvgIpc) is 2.60. The first-order chi connectivity index (χ1) is 13.9. The Kier molecular flexibility index (Phi) is 7.99. The Morgan fingerprint density at radius 2 is 1.77 bits per heavy atom. The number of aromatic nitrogens is 1. The van der Waals surface area contributed by atoms with E-state index in [4.69, 9.17) is 9.47 Å². The summed E-state index contributed by atoms with van der Waals surface area (Å²) in [7, 11) is 0. The number of rotatable bonds is 5. The lowest BCUT2D eigenvalue weighted by Gasteiger charge is -2.22. The van der Waals surface area contributed by atoms with Crippen LogP contribution in [0.5, 0.6) is 0 Å². The molecule has 9 heteroatoms. The zero-order chi connectivity index (χ0) is 22.6. The molecule has 0 aliphatic rings. The number of carbonyl (C=O) groups is 2. The van der Waals surface area contributed by atoms with Gasteiger partial charge in [-0.25, -0.2) is 19.0 Å². The highest BCUT2D eigenvalue weighted by molar-refractivity contribution is 9.11. The van der Waals surface area contributed by atoms with E-state index in [0.29, 0.717) is 21.1 Å². The van der Waals surface area contributed by atoms with E-state index in [2.05, 4.69) is 42.2 Å². The van der Waals surface area contributed by atoms with Crippen molar-refractivity contribution in [2.45, 2.75) is 52.7 Å². The normalized spacial score (nSPS) is 11.4. The standard InChI is InChI=1S/C21H23Br2FN2O4/c1-11(2)29-19(27)17-16(26-20(28)30-21(3,4)5)15(22)14(18(23)25-17)10-12-6-8-13(24)9-7-12/h6-9,11H,10H2,1-5H3,(H,26,28). The van der Waals surface area contributed by atoms with Gasteiger partial charge in [0, 0.05) is 16.5 Å². The lowest BCUT2D eigenvalue weighted by molar-refractivity contribution is 0.0372. The highest BCUT2D eigenvalue weighted by Crippen LogP contribution is 2.36. The minimum atomic E-state index is -0.737. The molecule has 6 nitrogen and oxygen atoms in total. The maximum absolute atomic E-state index is 13.2. The lowest BCUT2D eigenvalue weighted by atomic mass is 10.1. The van der Waals surface area contributed by atoms with Gasteiger partial charge in [-0.2, -0.15) is 0 Å². The van der Waals surface area contributed by atoms with E-state index >= 15 is 0 Å². The van der Waals surface area contributed by atoms with E-state index in [1.54, 1.807) is 46.8 Å². The van der Waals surface area contributed by atoms with Crippen molar-refractivity contribution >= 4 is 49.6 Å². The molecule has 1 aromatic heterocycles. The molecule has 30 heavy (non-hydrogen) atoms. The Balaban J connectivity index is 2.50. The molecule has 1 heterocycles. The zero-order valence-electron chi connectivity index (χ0n) is 17.3. The van der Waals surface area contributed by atoms with Gasteiger partial charge in [0.05, 0.1) is 11.8 Å². The molecule has 0 spiro atoms. The van der Waals surface area contributed by atoms with Gasteiger partial charge in [0.1, 0.15) is 16.0 Å². The number of esters is 1. The molecule has 0 unspecified atom stereocenters. The molecule has 1 amide bonds. The van der Waals surface area contributed by atoms with Gasteiger partial charge < -0.3 is 9.47 Å². The van der Waals surface area contributed by atoms with Gasteiger partial charge in [-0.15, -0.1) is 0 Å². The quantitative estimate of drug-likeness (QED) is 0.355. The number of nitrogens with one attached hydrogen (secondary N) is 1. The molecule has 1 aromatic carbocycles. The van der Waals surface area contributed by atoms with Crippen LogP contribution in [-0.2, 0) is 15.9 Å². The number of ether oxygens (including phenoxy) is 2. The molecule has 0 fully saturated rings. The van der Waals surface area contributed by atoms with Crippen LogP contribution in [-0.4, -0.2) is 28.8 Å². The number of benzene rings is 1. The molecule has 0 aliphatic heterocycles. The monoisotopic (exact) mass is 544 g/mol. The van der Waals surface area contributed by atoms with E-state index in [-0.39, 0.29) is 23.3 Å². The van der Waals surface area contributed by atoms with Crippen molar-refractivity contribution in [3.05, 3.63) is 56.0 Å². The van der Waals surface area contributed by atoms with Crippen LogP contribution in [0.1, 0.15) is 56.2 Å². The molecule has 162 valence electrons. The van der Waals surface area contributed by atoms with Gasteiger partial charge in [-0.1, -0.05) is 12.1 Å². The SMILES string of the molecule is CC(C)OC(=O)c1nc(Br)c(Cc2ccc(F)cc2)c(Br)c1NC(=O)OC(C)(C)C. The number of anilines is 1. The molecular formula is C21H23Br2FN2O4.